The summed E-state index contributed by atoms with van der Waals surface area (Å²) in [7, 11) is 0. The number of hydrogen-bond acceptors (Lipinski definition) is 3. The van der Waals surface area contributed by atoms with Gasteiger partial charge in [0.05, 0.1) is 17.5 Å². The molecular formula is C13H16N4O. The molecular weight excluding hydrogens is 228 g/mol. The molecule has 18 heavy (non-hydrogen) atoms. The highest BCUT2D eigenvalue weighted by Gasteiger charge is 2.27. The van der Waals surface area contributed by atoms with E-state index in [-0.39, 0.29) is 5.91 Å². The Kier molecular flexibility index (Phi) is 2.54. The van der Waals surface area contributed by atoms with E-state index in [9.17, 15) is 4.79 Å². The van der Waals surface area contributed by atoms with Crippen molar-refractivity contribution in [2.45, 2.75) is 32.7 Å². The molecule has 5 nitrogen and oxygen atoms in total. The SMILES string of the molecule is Cc1nc2ccnn2cc1C(=O)N1CCCC1C. The minimum absolute atomic E-state index is 0.0717. The van der Waals surface area contributed by atoms with Crippen molar-refractivity contribution in [2.24, 2.45) is 0 Å². The number of aromatic nitrogens is 3. The van der Waals surface area contributed by atoms with Crippen LogP contribution in [0.4, 0.5) is 0 Å². The van der Waals surface area contributed by atoms with Crippen LogP contribution in [-0.4, -0.2) is 38.0 Å². The van der Waals surface area contributed by atoms with Gasteiger partial charge in [-0.15, -0.1) is 0 Å². The van der Waals surface area contributed by atoms with Crippen LogP contribution in [0.3, 0.4) is 0 Å². The van der Waals surface area contributed by atoms with Crippen molar-refractivity contribution in [3.8, 4) is 0 Å². The Morgan fingerprint density at radius 3 is 3.06 bits per heavy atom. The lowest BCUT2D eigenvalue weighted by molar-refractivity contribution is 0.0745. The zero-order chi connectivity index (χ0) is 12.7. The van der Waals surface area contributed by atoms with Gasteiger partial charge in [0.2, 0.25) is 0 Å². The molecule has 0 aromatic carbocycles. The second-order valence-corrected chi connectivity index (χ2v) is 4.86. The summed E-state index contributed by atoms with van der Waals surface area (Å²) in [6.45, 7) is 4.82. The van der Waals surface area contributed by atoms with Gasteiger partial charge in [-0.25, -0.2) is 9.50 Å². The number of carbonyl (C=O) groups excluding carboxylic acids is 1. The fourth-order valence-corrected chi connectivity index (χ4v) is 2.54. The second-order valence-electron chi connectivity index (χ2n) is 4.86. The Hall–Kier alpha value is -1.91. The van der Waals surface area contributed by atoms with Crippen molar-refractivity contribution >= 4 is 11.6 Å². The molecule has 1 saturated heterocycles. The van der Waals surface area contributed by atoms with Crippen molar-refractivity contribution in [2.75, 3.05) is 6.54 Å². The first kappa shape index (κ1) is 11.2. The minimum atomic E-state index is 0.0717. The van der Waals surface area contributed by atoms with Gasteiger partial charge in [0.25, 0.3) is 5.91 Å². The summed E-state index contributed by atoms with van der Waals surface area (Å²) in [6.07, 6.45) is 5.64. The van der Waals surface area contributed by atoms with Gasteiger partial charge < -0.3 is 4.90 Å². The van der Waals surface area contributed by atoms with Crippen molar-refractivity contribution in [3.05, 3.63) is 29.7 Å². The van der Waals surface area contributed by atoms with Gasteiger partial charge in [-0.2, -0.15) is 5.10 Å². The Morgan fingerprint density at radius 1 is 1.50 bits per heavy atom. The number of nitrogens with zero attached hydrogens (tertiary/aromatic N) is 4. The first-order valence-corrected chi connectivity index (χ1v) is 6.29. The van der Waals surface area contributed by atoms with E-state index in [0.29, 0.717) is 11.6 Å². The largest absolute Gasteiger partial charge is 0.336 e. The Morgan fingerprint density at radius 2 is 2.33 bits per heavy atom. The summed E-state index contributed by atoms with van der Waals surface area (Å²) < 4.78 is 1.65. The summed E-state index contributed by atoms with van der Waals surface area (Å²) in [5.74, 6) is 0.0717. The third-order valence-corrected chi connectivity index (χ3v) is 3.62. The molecule has 1 aliphatic rings. The molecule has 3 heterocycles. The van der Waals surface area contributed by atoms with Gasteiger partial charge >= 0.3 is 0 Å². The lowest BCUT2D eigenvalue weighted by Gasteiger charge is -2.22. The summed E-state index contributed by atoms with van der Waals surface area (Å²) in [6, 6.07) is 2.16. The van der Waals surface area contributed by atoms with Gasteiger partial charge in [-0.05, 0) is 26.7 Å². The Labute approximate surface area is 105 Å². The maximum absolute atomic E-state index is 12.5. The van der Waals surface area contributed by atoms with Gasteiger partial charge in [-0.1, -0.05) is 0 Å². The van der Waals surface area contributed by atoms with Crippen LogP contribution in [0.5, 0.6) is 0 Å². The van der Waals surface area contributed by atoms with E-state index >= 15 is 0 Å². The van der Waals surface area contributed by atoms with Crippen LogP contribution in [-0.2, 0) is 0 Å². The average Bonchev–Trinajstić information content (AvgIpc) is 2.95. The number of hydrogen-bond donors (Lipinski definition) is 0. The predicted octanol–water partition coefficient (Wildman–Crippen LogP) is 1.66. The molecule has 0 radical (unpaired) electrons. The number of carbonyl (C=O) groups is 1. The fourth-order valence-electron chi connectivity index (χ4n) is 2.54. The molecule has 1 fully saturated rings. The van der Waals surface area contributed by atoms with E-state index in [0.717, 1.165) is 30.7 Å². The zero-order valence-corrected chi connectivity index (χ0v) is 10.6. The molecule has 0 saturated carbocycles. The number of rotatable bonds is 1. The average molecular weight is 244 g/mol. The fraction of sp³-hybridized carbons (Fsp3) is 0.462. The highest BCUT2D eigenvalue weighted by atomic mass is 16.2. The normalized spacial score (nSPS) is 19.7. The Bertz CT molecular complexity index is 604. The molecule has 1 atom stereocenters. The smallest absolute Gasteiger partial charge is 0.257 e. The first-order valence-electron chi connectivity index (χ1n) is 6.29. The van der Waals surface area contributed by atoms with Crippen LogP contribution in [0.1, 0.15) is 35.8 Å². The van der Waals surface area contributed by atoms with E-state index in [1.165, 1.54) is 0 Å². The van der Waals surface area contributed by atoms with E-state index in [1.54, 1.807) is 16.9 Å². The summed E-state index contributed by atoms with van der Waals surface area (Å²) in [5, 5.41) is 4.13. The van der Waals surface area contributed by atoms with E-state index in [2.05, 4.69) is 17.0 Å². The minimum Gasteiger partial charge on any atom is -0.336 e. The maximum Gasteiger partial charge on any atom is 0.257 e. The maximum atomic E-state index is 12.5. The molecule has 1 amide bonds. The first-order chi connectivity index (χ1) is 8.66. The molecule has 0 N–H and O–H groups in total. The lowest BCUT2D eigenvalue weighted by atomic mass is 10.2. The van der Waals surface area contributed by atoms with Gasteiger partial charge in [0, 0.05) is 24.8 Å². The monoisotopic (exact) mass is 244 g/mol. The van der Waals surface area contributed by atoms with Crippen LogP contribution in [0, 0.1) is 6.92 Å². The number of aryl methyl sites for hydroxylation is 1. The standard InChI is InChI=1S/C13H16N4O/c1-9-4-3-7-16(9)13(18)11-8-17-12(5-6-14-17)15-10(11)2/h5-6,8-9H,3-4,7H2,1-2H3. The van der Waals surface area contributed by atoms with Crippen molar-refractivity contribution < 1.29 is 4.79 Å². The van der Waals surface area contributed by atoms with Gasteiger partial charge in [0.1, 0.15) is 0 Å². The third kappa shape index (κ3) is 1.66. The topological polar surface area (TPSA) is 50.5 Å². The Balaban J connectivity index is 2.02. The molecule has 0 aliphatic carbocycles. The molecule has 5 heteroatoms. The third-order valence-electron chi connectivity index (χ3n) is 3.62. The number of fused-ring (bicyclic) bond motifs is 1. The molecule has 2 aromatic heterocycles. The second kappa shape index (κ2) is 4.08. The summed E-state index contributed by atoms with van der Waals surface area (Å²) in [4.78, 5) is 18.8. The van der Waals surface area contributed by atoms with Crippen LogP contribution in [0.2, 0.25) is 0 Å². The van der Waals surface area contributed by atoms with Gasteiger partial charge in [-0.3, -0.25) is 4.79 Å². The molecule has 1 unspecified atom stereocenters. The summed E-state index contributed by atoms with van der Waals surface area (Å²) in [5.41, 5.74) is 2.20. The molecule has 94 valence electrons. The van der Waals surface area contributed by atoms with Crippen LogP contribution in [0.25, 0.3) is 5.65 Å². The molecule has 0 spiro atoms. The number of likely N-dealkylation sites (tertiary alicyclic amines) is 1. The van der Waals surface area contributed by atoms with Crippen molar-refractivity contribution in [1.82, 2.24) is 19.5 Å². The zero-order valence-electron chi connectivity index (χ0n) is 10.6. The number of amides is 1. The summed E-state index contributed by atoms with van der Waals surface area (Å²) >= 11 is 0. The van der Waals surface area contributed by atoms with E-state index < -0.39 is 0 Å². The highest BCUT2D eigenvalue weighted by Crippen LogP contribution is 2.20. The van der Waals surface area contributed by atoms with E-state index in [1.807, 2.05) is 17.9 Å². The quantitative estimate of drug-likeness (QED) is 0.766. The van der Waals surface area contributed by atoms with Crippen LogP contribution < -0.4 is 0 Å². The van der Waals surface area contributed by atoms with Gasteiger partial charge in [0.15, 0.2) is 5.65 Å². The van der Waals surface area contributed by atoms with Crippen molar-refractivity contribution in [3.63, 3.8) is 0 Å². The van der Waals surface area contributed by atoms with E-state index in [4.69, 9.17) is 0 Å². The van der Waals surface area contributed by atoms with Crippen molar-refractivity contribution in [1.29, 1.82) is 0 Å². The van der Waals surface area contributed by atoms with Crippen LogP contribution in [0.15, 0.2) is 18.5 Å². The molecule has 3 rings (SSSR count). The van der Waals surface area contributed by atoms with Crippen LogP contribution >= 0.6 is 0 Å². The molecule has 1 aliphatic heterocycles. The highest BCUT2D eigenvalue weighted by molar-refractivity contribution is 5.95. The lowest BCUT2D eigenvalue weighted by Crippen LogP contribution is -2.34. The molecule has 2 aromatic rings. The predicted molar refractivity (Wildman–Crippen MR) is 67.5 cm³/mol. The molecule has 0 bridgehead atoms.